The molecule has 0 aliphatic carbocycles. The quantitative estimate of drug-likeness (QED) is 0.375. The minimum atomic E-state index is -4.73. The summed E-state index contributed by atoms with van der Waals surface area (Å²) in [4.78, 5) is 26.1. The molecule has 198 valence electrons. The maximum absolute atomic E-state index is 13.5. The van der Waals surface area contributed by atoms with Crippen LogP contribution in [0.2, 0.25) is 0 Å². The molecule has 38 heavy (non-hydrogen) atoms. The Morgan fingerprint density at radius 2 is 1.55 bits per heavy atom. The molecule has 8 nitrogen and oxygen atoms in total. The lowest BCUT2D eigenvalue weighted by Crippen LogP contribution is -2.39. The Balaban J connectivity index is 1.73. The lowest BCUT2D eigenvalue weighted by molar-refractivity contribution is -0.137. The molecule has 0 aliphatic heterocycles. The van der Waals surface area contributed by atoms with Gasteiger partial charge in [0.25, 0.3) is 15.6 Å². The summed E-state index contributed by atoms with van der Waals surface area (Å²) in [7, 11) is -2.83. The Morgan fingerprint density at radius 3 is 2.16 bits per heavy atom. The van der Waals surface area contributed by atoms with Crippen LogP contribution in [0.25, 0.3) is 5.69 Å². The number of hydrogen-bond donors (Lipinski definition) is 1. The fourth-order valence-corrected chi connectivity index (χ4v) is 5.33. The molecule has 1 amide bonds. The molecule has 12 heteroatoms. The zero-order valence-corrected chi connectivity index (χ0v) is 21.1. The van der Waals surface area contributed by atoms with E-state index in [1.165, 1.54) is 39.7 Å². The third-order valence-corrected chi connectivity index (χ3v) is 7.69. The molecule has 0 aliphatic rings. The summed E-state index contributed by atoms with van der Waals surface area (Å²) in [6, 6.07) is 19.4. The molecule has 4 rings (SSSR count). The molecule has 1 aromatic heterocycles. The van der Waals surface area contributed by atoms with Gasteiger partial charge >= 0.3 is 6.18 Å². The minimum absolute atomic E-state index is 0.0811. The van der Waals surface area contributed by atoms with Crippen molar-refractivity contribution in [2.24, 2.45) is 7.05 Å². The average molecular weight is 545 g/mol. The molecule has 0 radical (unpaired) electrons. The van der Waals surface area contributed by atoms with Gasteiger partial charge < -0.3 is 5.32 Å². The molecule has 0 saturated carbocycles. The first-order chi connectivity index (χ1) is 17.9. The van der Waals surface area contributed by atoms with Crippen molar-refractivity contribution < 1.29 is 26.4 Å². The van der Waals surface area contributed by atoms with Gasteiger partial charge in [-0.25, -0.2) is 13.1 Å². The predicted molar refractivity (Wildman–Crippen MR) is 137 cm³/mol. The highest BCUT2D eigenvalue weighted by Crippen LogP contribution is 2.33. The number of nitrogens with zero attached hydrogens (tertiary/aromatic N) is 3. The monoisotopic (exact) mass is 544 g/mol. The van der Waals surface area contributed by atoms with Crippen molar-refractivity contribution >= 4 is 27.3 Å². The smallest absolute Gasteiger partial charge is 0.318 e. The van der Waals surface area contributed by atoms with E-state index in [-0.39, 0.29) is 16.3 Å². The third-order valence-electron chi connectivity index (χ3n) is 5.90. The second kappa shape index (κ2) is 10.2. The van der Waals surface area contributed by atoms with Gasteiger partial charge in [0.05, 0.1) is 27.5 Å². The van der Waals surface area contributed by atoms with E-state index >= 15 is 0 Å². The summed E-state index contributed by atoms with van der Waals surface area (Å²) in [5, 5.41) is 2.46. The van der Waals surface area contributed by atoms with E-state index in [1.807, 2.05) is 0 Å². The highest BCUT2D eigenvalue weighted by atomic mass is 32.2. The van der Waals surface area contributed by atoms with Crippen molar-refractivity contribution in [2.75, 3.05) is 16.2 Å². The van der Waals surface area contributed by atoms with Gasteiger partial charge in [-0.3, -0.25) is 18.6 Å². The minimum Gasteiger partial charge on any atom is -0.318 e. The molecule has 0 unspecified atom stereocenters. The van der Waals surface area contributed by atoms with Gasteiger partial charge in [0, 0.05) is 7.05 Å². The maximum atomic E-state index is 13.5. The van der Waals surface area contributed by atoms with Gasteiger partial charge in [-0.15, -0.1) is 0 Å². The summed E-state index contributed by atoms with van der Waals surface area (Å²) < 4.78 is 70.5. The second-order valence-corrected chi connectivity index (χ2v) is 10.2. The number of anilines is 2. The number of amides is 1. The van der Waals surface area contributed by atoms with Crippen LogP contribution in [0.1, 0.15) is 11.3 Å². The van der Waals surface area contributed by atoms with E-state index in [1.54, 1.807) is 50.4 Å². The topological polar surface area (TPSA) is 93.4 Å². The van der Waals surface area contributed by atoms with Crippen LogP contribution in [0.3, 0.4) is 0 Å². The van der Waals surface area contributed by atoms with Crippen LogP contribution >= 0.6 is 0 Å². The highest BCUT2D eigenvalue weighted by Gasteiger charge is 2.33. The molecule has 1 N–H and O–H groups in total. The van der Waals surface area contributed by atoms with Crippen molar-refractivity contribution in [1.82, 2.24) is 9.36 Å². The number of hydrogen-bond acceptors (Lipinski definition) is 4. The zero-order valence-electron chi connectivity index (χ0n) is 20.3. The normalized spacial score (nSPS) is 11.8. The van der Waals surface area contributed by atoms with Crippen molar-refractivity contribution in [3.05, 3.63) is 107 Å². The van der Waals surface area contributed by atoms with Crippen LogP contribution in [-0.2, 0) is 28.0 Å². The van der Waals surface area contributed by atoms with E-state index in [2.05, 4.69) is 5.32 Å². The molecule has 0 bridgehead atoms. The van der Waals surface area contributed by atoms with Gasteiger partial charge in [-0.05, 0) is 49.4 Å². The van der Waals surface area contributed by atoms with Gasteiger partial charge in [-0.1, -0.05) is 42.5 Å². The number of nitrogens with one attached hydrogen (secondary N) is 1. The molecule has 0 fully saturated rings. The fourth-order valence-electron chi connectivity index (χ4n) is 3.89. The first-order valence-electron chi connectivity index (χ1n) is 11.3. The number of benzene rings is 3. The Kier molecular flexibility index (Phi) is 7.18. The summed E-state index contributed by atoms with van der Waals surface area (Å²) in [5.41, 5.74) is -1.13. The number of rotatable bonds is 7. The number of halogens is 3. The third kappa shape index (κ3) is 5.21. The predicted octanol–water partition coefficient (Wildman–Crippen LogP) is 4.34. The summed E-state index contributed by atoms with van der Waals surface area (Å²) in [6.07, 6.45) is -4.73. The number of para-hydroxylation sites is 1. The zero-order chi connectivity index (χ0) is 27.7. The lowest BCUT2D eigenvalue weighted by Gasteiger charge is -2.24. The number of carbonyl (C=O) groups is 1. The number of sulfonamides is 1. The van der Waals surface area contributed by atoms with Crippen LogP contribution in [0.5, 0.6) is 0 Å². The molecular weight excluding hydrogens is 521 g/mol. The molecular formula is C26H23F3N4O4S. The Bertz CT molecular complexity index is 1630. The summed E-state index contributed by atoms with van der Waals surface area (Å²) in [6.45, 7) is 0.722. The van der Waals surface area contributed by atoms with Gasteiger partial charge in [0.2, 0.25) is 5.91 Å². The molecule has 1 heterocycles. The Hall–Kier alpha value is -4.32. The van der Waals surface area contributed by atoms with Crippen LogP contribution in [0.15, 0.2) is 94.6 Å². The maximum Gasteiger partial charge on any atom is 0.416 e. The number of carbonyl (C=O) groups excluding carboxylic acids is 1. The second-order valence-electron chi connectivity index (χ2n) is 8.36. The van der Waals surface area contributed by atoms with E-state index < -0.39 is 39.8 Å². The van der Waals surface area contributed by atoms with Crippen molar-refractivity contribution in [2.45, 2.75) is 18.0 Å². The number of alkyl halides is 3. The number of aromatic nitrogens is 2. The van der Waals surface area contributed by atoms with E-state index in [9.17, 15) is 31.2 Å². The highest BCUT2D eigenvalue weighted by molar-refractivity contribution is 7.92. The van der Waals surface area contributed by atoms with Gasteiger partial charge in [0.1, 0.15) is 12.2 Å². The van der Waals surface area contributed by atoms with Crippen LogP contribution in [0.4, 0.5) is 24.5 Å². The largest absolute Gasteiger partial charge is 0.416 e. The van der Waals surface area contributed by atoms with Crippen LogP contribution in [-0.4, -0.2) is 30.2 Å². The van der Waals surface area contributed by atoms with Crippen LogP contribution in [0, 0.1) is 6.92 Å². The fraction of sp³-hybridized carbons (Fsp3) is 0.154. The van der Waals surface area contributed by atoms with E-state index in [0.29, 0.717) is 21.8 Å². The molecule has 0 saturated heterocycles. The van der Waals surface area contributed by atoms with E-state index in [0.717, 1.165) is 12.1 Å². The molecule has 0 spiro atoms. The first kappa shape index (κ1) is 26.7. The van der Waals surface area contributed by atoms with Crippen molar-refractivity contribution in [3.63, 3.8) is 0 Å². The van der Waals surface area contributed by atoms with Gasteiger partial charge in [-0.2, -0.15) is 13.2 Å². The summed E-state index contributed by atoms with van der Waals surface area (Å²) in [5.74, 6) is -0.909. The van der Waals surface area contributed by atoms with Crippen molar-refractivity contribution in [3.8, 4) is 5.69 Å². The standard InChI is InChI=1S/C26H23F3N4O4S/c1-18-24(25(35)33(31(18)2)20-11-5-3-6-12-20)30-23(34)17-32(38(36,37)22-14-7-4-8-15-22)21-13-9-10-19(16-21)26(27,28)29/h3-16H,17H2,1-2H3,(H,30,34). The van der Waals surface area contributed by atoms with Gasteiger partial charge in [0.15, 0.2) is 0 Å². The van der Waals surface area contributed by atoms with E-state index in [4.69, 9.17) is 0 Å². The summed E-state index contributed by atoms with van der Waals surface area (Å²) >= 11 is 0. The molecule has 0 atom stereocenters. The Labute approximate surface area is 216 Å². The SMILES string of the molecule is Cc1c(NC(=O)CN(c2cccc(C(F)(F)F)c2)S(=O)(=O)c2ccccc2)c(=O)n(-c2ccccc2)n1C. The van der Waals surface area contributed by atoms with Crippen LogP contribution < -0.4 is 15.2 Å². The first-order valence-corrected chi connectivity index (χ1v) is 12.7. The molecule has 4 aromatic rings. The van der Waals surface area contributed by atoms with Crippen molar-refractivity contribution in [1.29, 1.82) is 0 Å². The average Bonchev–Trinajstić information content (AvgIpc) is 3.10. The molecule has 3 aromatic carbocycles. The lowest BCUT2D eigenvalue weighted by atomic mass is 10.2. The Morgan fingerprint density at radius 1 is 0.947 bits per heavy atom.